The Morgan fingerprint density at radius 1 is 1.45 bits per heavy atom. The molecule has 1 saturated heterocycles. The maximum atomic E-state index is 12.0. The lowest BCUT2D eigenvalue weighted by atomic mass is 9.97. The van der Waals surface area contributed by atoms with Gasteiger partial charge in [-0.05, 0) is 32.1 Å². The Balaban J connectivity index is 1.71. The second kappa shape index (κ2) is 7.28. The Kier molecular flexibility index (Phi) is 5.40. The molecule has 2 N–H and O–H groups in total. The summed E-state index contributed by atoms with van der Waals surface area (Å²) in [4.78, 5) is 24.3. The van der Waals surface area contributed by atoms with Gasteiger partial charge < -0.3 is 20.1 Å². The molecule has 0 aromatic carbocycles. The van der Waals surface area contributed by atoms with E-state index in [0.29, 0.717) is 13.1 Å². The smallest absolute Gasteiger partial charge is 0.334 e. The number of carbonyl (C=O) groups is 2. The van der Waals surface area contributed by atoms with E-state index in [4.69, 9.17) is 9.84 Å². The van der Waals surface area contributed by atoms with Crippen molar-refractivity contribution in [3.05, 3.63) is 11.6 Å². The number of ether oxygens (including phenoxy) is 1. The van der Waals surface area contributed by atoms with Crippen LogP contribution >= 0.6 is 0 Å². The summed E-state index contributed by atoms with van der Waals surface area (Å²) in [6.07, 6.45) is 7.03. The van der Waals surface area contributed by atoms with Crippen molar-refractivity contribution in [3.8, 4) is 0 Å². The van der Waals surface area contributed by atoms with Crippen molar-refractivity contribution in [3.63, 3.8) is 0 Å². The molecule has 0 radical (unpaired) electrons. The highest BCUT2D eigenvalue weighted by Crippen LogP contribution is 2.19. The zero-order valence-corrected chi connectivity index (χ0v) is 11.6. The third-order valence-electron chi connectivity index (χ3n) is 3.74. The number of morpholine rings is 1. The number of nitrogens with zero attached hydrogens (tertiary/aromatic N) is 1. The van der Waals surface area contributed by atoms with Crippen LogP contribution in [0.3, 0.4) is 0 Å². The van der Waals surface area contributed by atoms with Crippen molar-refractivity contribution in [2.75, 3.05) is 26.2 Å². The van der Waals surface area contributed by atoms with E-state index in [0.717, 1.165) is 19.3 Å². The molecule has 1 fully saturated rings. The molecule has 6 nitrogen and oxygen atoms in total. The van der Waals surface area contributed by atoms with E-state index in [-0.39, 0.29) is 19.2 Å². The average molecular weight is 282 g/mol. The normalized spacial score (nSPS) is 23.1. The minimum atomic E-state index is -1.02. The highest BCUT2D eigenvalue weighted by atomic mass is 16.5. The Hall–Kier alpha value is -1.56. The zero-order valence-electron chi connectivity index (χ0n) is 11.6. The van der Waals surface area contributed by atoms with Crippen LogP contribution in [0.15, 0.2) is 11.6 Å². The van der Waals surface area contributed by atoms with Gasteiger partial charge in [0, 0.05) is 13.1 Å². The summed E-state index contributed by atoms with van der Waals surface area (Å²) in [5.41, 5.74) is 1.42. The van der Waals surface area contributed by atoms with Gasteiger partial charge in [-0.3, -0.25) is 0 Å². The number of nitrogens with one attached hydrogen (secondary N) is 1. The van der Waals surface area contributed by atoms with Gasteiger partial charge in [-0.1, -0.05) is 11.6 Å². The molecule has 2 rings (SSSR count). The lowest BCUT2D eigenvalue weighted by molar-refractivity contribution is -0.154. The fourth-order valence-electron chi connectivity index (χ4n) is 2.56. The number of aliphatic carboxylic acids is 1. The highest BCUT2D eigenvalue weighted by molar-refractivity contribution is 5.77. The number of amides is 2. The Morgan fingerprint density at radius 3 is 3.00 bits per heavy atom. The average Bonchev–Trinajstić information content (AvgIpc) is 2.48. The minimum absolute atomic E-state index is 0.115. The maximum Gasteiger partial charge on any atom is 0.334 e. The maximum absolute atomic E-state index is 12.0. The first-order valence-corrected chi connectivity index (χ1v) is 7.22. The van der Waals surface area contributed by atoms with E-state index in [9.17, 15) is 9.59 Å². The molecule has 1 aliphatic heterocycles. The van der Waals surface area contributed by atoms with Crippen LogP contribution in [0, 0.1) is 0 Å². The van der Waals surface area contributed by atoms with Crippen molar-refractivity contribution >= 4 is 12.0 Å². The second-order valence-corrected chi connectivity index (χ2v) is 5.23. The molecule has 1 heterocycles. The lowest BCUT2D eigenvalue weighted by Crippen LogP contribution is -2.51. The van der Waals surface area contributed by atoms with E-state index >= 15 is 0 Å². The summed E-state index contributed by atoms with van der Waals surface area (Å²) in [6, 6.07) is -0.198. The number of carboxylic acids is 1. The van der Waals surface area contributed by atoms with E-state index in [2.05, 4.69) is 11.4 Å². The Bertz CT molecular complexity index is 395. The first-order chi connectivity index (χ1) is 9.66. The number of urea groups is 1. The Morgan fingerprint density at radius 2 is 2.30 bits per heavy atom. The molecule has 2 amide bonds. The fourth-order valence-corrected chi connectivity index (χ4v) is 2.56. The largest absolute Gasteiger partial charge is 0.479 e. The molecule has 0 bridgehead atoms. The summed E-state index contributed by atoms with van der Waals surface area (Å²) in [7, 11) is 0. The molecule has 6 heteroatoms. The van der Waals surface area contributed by atoms with Gasteiger partial charge in [-0.15, -0.1) is 0 Å². The molecular formula is C14H22N2O4. The molecule has 0 aromatic rings. The molecule has 0 spiro atoms. The van der Waals surface area contributed by atoms with Gasteiger partial charge >= 0.3 is 12.0 Å². The highest BCUT2D eigenvalue weighted by Gasteiger charge is 2.28. The first kappa shape index (κ1) is 14.8. The standard InChI is InChI=1S/C14H22N2O4/c17-13(18)12-10-16(8-9-20-12)14(19)15-7-6-11-4-2-1-3-5-11/h4,12H,1-3,5-10H2,(H,15,19)(H,17,18). The first-order valence-electron chi connectivity index (χ1n) is 7.22. The van der Waals surface area contributed by atoms with Crippen molar-refractivity contribution in [1.82, 2.24) is 10.2 Å². The summed E-state index contributed by atoms with van der Waals surface area (Å²) in [6.45, 7) is 1.44. The quantitative estimate of drug-likeness (QED) is 0.763. The van der Waals surface area contributed by atoms with E-state index in [1.54, 1.807) is 0 Å². The molecule has 0 aromatic heterocycles. The van der Waals surface area contributed by atoms with Crippen LogP contribution in [0.4, 0.5) is 4.79 Å². The van der Waals surface area contributed by atoms with Gasteiger partial charge in [0.1, 0.15) is 0 Å². The number of carboxylic acid groups (broad SMARTS) is 1. The predicted molar refractivity (Wildman–Crippen MR) is 73.5 cm³/mol. The van der Waals surface area contributed by atoms with Gasteiger partial charge in [0.2, 0.25) is 0 Å². The molecule has 20 heavy (non-hydrogen) atoms. The molecule has 112 valence electrons. The van der Waals surface area contributed by atoms with Crippen LogP contribution < -0.4 is 5.32 Å². The molecule has 2 aliphatic rings. The van der Waals surface area contributed by atoms with Gasteiger partial charge in [0.25, 0.3) is 0 Å². The number of hydrogen-bond donors (Lipinski definition) is 2. The molecule has 0 saturated carbocycles. The molecular weight excluding hydrogens is 260 g/mol. The van der Waals surface area contributed by atoms with Crippen LogP contribution in [-0.2, 0) is 9.53 Å². The topological polar surface area (TPSA) is 78.9 Å². The van der Waals surface area contributed by atoms with Gasteiger partial charge in [0.05, 0.1) is 13.2 Å². The molecule has 1 atom stereocenters. The van der Waals surface area contributed by atoms with E-state index in [1.807, 2.05) is 0 Å². The predicted octanol–water partition coefficient (Wildman–Crippen LogP) is 1.37. The third-order valence-corrected chi connectivity index (χ3v) is 3.74. The third kappa shape index (κ3) is 4.23. The summed E-state index contributed by atoms with van der Waals surface area (Å²) in [5.74, 6) is -1.02. The van der Waals surface area contributed by atoms with Crippen molar-refractivity contribution in [2.45, 2.75) is 38.2 Å². The zero-order chi connectivity index (χ0) is 14.4. The van der Waals surface area contributed by atoms with E-state index in [1.165, 1.54) is 23.3 Å². The number of allylic oxidation sites excluding steroid dienone is 1. The second-order valence-electron chi connectivity index (χ2n) is 5.23. The number of rotatable bonds is 4. The summed E-state index contributed by atoms with van der Waals surface area (Å²) in [5, 5.41) is 11.8. The van der Waals surface area contributed by atoms with Crippen molar-refractivity contribution in [1.29, 1.82) is 0 Å². The Labute approximate surface area is 118 Å². The van der Waals surface area contributed by atoms with Crippen molar-refractivity contribution in [2.24, 2.45) is 0 Å². The monoisotopic (exact) mass is 282 g/mol. The van der Waals surface area contributed by atoms with Crippen LogP contribution in [-0.4, -0.2) is 54.4 Å². The van der Waals surface area contributed by atoms with Gasteiger partial charge in [0.15, 0.2) is 6.10 Å². The number of hydrogen-bond acceptors (Lipinski definition) is 3. The summed E-state index contributed by atoms with van der Waals surface area (Å²) < 4.78 is 5.09. The SMILES string of the molecule is O=C(O)C1CN(C(=O)NCCC2=CCCCC2)CCO1. The van der Waals surface area contributed by atoms with Gasteiger partial charge in [-0.25, -0.2) is 9.59 Å². The minimum Gasteiger partial charge on any atom is -0.479 e. The van der Waals surface area contributed by atoms with Crippen LogP contribution in [0.1, 0.15) is 32.1 Å². The summed E-state index contributed by atoms with van der Waals surface area (Å²) >= 11 is 0. The van der Waals surface area contributed by atoms with Crippen molar-refractivity contribution < 1.29 is 19.4 Å². The lowest BCUT2D eigenvalue weighted by Gasteiger charge is -2.30. The van der Waals surface area contributed by atoms with Crippen LogP contribution in [0.25, 0.3) is 0 Å². The molecule has 1 aliphatic carbocycles. The molecule has 1 unspecified atom stereocenters. The van der Waals surface area contributed by atoms with Gasteiger partial charge in [-0.2, -0.15) is 0 Å². The van der Waals surface area contributed by atoms with Crippen LogP contribution in [0.5, 0.6) is 0 Å². The van der Waals surface area contributed by atoms with Crippen LogP contribution in [0.2, 0.25) is 0 Å². The van der Waals surface area contributed by atoms with E-state index < -0.39 is 12.1 Å². The number of carbonyl (C=O) groups excluding carboxylic acids is 1. The fraction of sp³-hybridized carbons (Fsp3) is 0.714.